The standard InChI is InChI=1S/C23H24F3N5O3S/c1-11-2-5-15-19(28)20(35-22(15)29-11)21(32)30-13-6-12-3-4-14(7-17(12)33-10-13)31-8-16(27)18(9-31)34-23(24,25)26/h2-5,7,13,16,18H,6,8-10,27-28H2,1H3,(H,30,32)/t13-,16+,18-/m1/s1. The number of thiophene rings is 1. The molecule has 5 N–H and O–H groups in total. The Morgan fingerprint density at radius 2 is 2.09 bits per heavy atom. The molecule has 2 aliphatic heterocycles. The number of alkyl halides is 3. The van der Waals surface area contributed by atoms with Crippen LogP contribution >= 0.6 is 11.3 Å². The van der Waals surface area contributed by atoms with Crippen molar-refractivity contribution in [1.82, 2.24) is 10.3 Å². The maximum absolute atomic E-state index is 12.9. The third-order valence-corrected chi connectivity index (χ3v) is 7.30. The van der Waals surface area contributed by atoms with Crippen molar-refractivity contribution in [3.05, 3.63) is 46.5 Å². The van der Waals surface area contributed by atoms with E-state index in [-0.39, 0.29) is 31.6 Å². The van der Waals surface area contributed by atoms with Gasteiger partial charge in [0.05, 0.1) is 17.8 Å². The molecule has 1 aromatic carbocycles. The lowest BCUT2D eigenvalue weighted by atomic mass is 10.0. The Kier molecular flexibility index (Phi) is 5.98. The fourth-order valence-corrected chi connectivity index (χ4v) is 5.51. The van der Waals surface area contributed by atoms with Crippen LogP contribution in [0.5, 0.6) is 5.75 Å². The molecule has 0 spiro atoms. The van der Waals surface area contributed by atoms with E-state index in [0.717, 1.165) is 21.5 Å². The number of aromatic nitrogens is 1. The summed E-state index contributed by atoms with van der Waals surface area (Å²) in [6.45, 7) is 2.40. The summed E-state index contributed by atoms with van der Waals surface area (Å²) in [4.78, 5) is 20.2. The first-order chi connectivity index (χ1) is 16.6. The number of pyridine rings is 1. The van der Waals surface area contributed by atoms with E-state index in [1.165, 1.54) is 11.3 Å². The number of nitrogens with one attached hydrogen (secondary N) is 1. The Bertz CT molecular complexity index is 1280. The molecule has 3 aromatic rings. The molecule has 2 aromatic heterocycles. The zero-order valence-electron chi connectivity index (χ0n) is 18.8. The molecule has 12 heteroatoms. The van der Waals surface area contributed by atoms with Crippen LogP contribution in [0.1, 0.15) is 20.9 Å². The fraction of sp³-hybridized carbons (Fsp3) is 0.391. The Morgan fingerprint density at radius 3 is 2.86 bits per heavy atom. The van der Waals surface area contributed by atoms with E-state index in [1.807, 2.05) is 31.2 Å². The van der Waals surface area contributed by atoms with Crippen LogP contribution in [0.25, 0.3) is 10.2 Å². The predicted octanol–water partition coefficient (Wildman–Crippen LogP) is 2.97. The number of fused-ring (bicyclic) bond motifs is 2. The SMILES string of the molecule is Cc1ccc2c(N)c(C(=O)N[C@H]3COc4cc(N5C[C@H](N)[C@H](OC(F)(F)F)C5)ccc4C3)sc2n1. The average molecular weight is 508 g/mol. The van der Waals surface area contributed by atoms with Gasteiger partial charge in [0.1, 0.15) is 28.2 Å². The van der Waals surface area contributed by atoms with Gasteiger partial charge in [-0.25, -0.2) is 4.98 Å². The van der Waals surface area contributed by atoms with E-state index < -0.39 is 18.5 Å². The molecule has 35 heavy (non-hydrogen) atoms. The number of ether oxygens (including phenoxy) is 2. The first kappa shape index (κ1) is 23.6. The minimum Gasteiger partial charge on any atom is -0.491 e. The van der Waals surface area contributed by atoms with Gasteiger partial charge in [-0.3, -0.25) is 9.53 Å². The second-order valence-corrected chi connectivity index (χ2v) is 9.80. The molecule has 0 unspecified atom stereocenters. The van der Waals surface area contributed by atoms with Crippen molar-refractivity contribution in [3.8, 4) is 5.75 Å². The number of carbonyl (C=O) groups is 1. The summed E-state index contributed by atoms with van der Waals surface area (Å²) in [5, 5.41) is 3.74. The van der Waals surface area contributed by atoms with Crippen molar-refractivity contribution in [2.75, 3.05) is 30.3 Å². The predicted molar refractivity (Wildman–Crippen MR) is 127 cm³/mol. The summed E-state index contributed by atoms with van der Waals surface area (Å²) in [7, 11) is 0. The number of anilines is 2. The molecule has 3 atom stereocenters. The molecular formula is C23H24F3N5O3S. The number of nitrogen functional groups attached to an aromatic ring is 1. The molecule has 4 heterocycles. The molecule has 5 rings (SSSR count). The van der Waals surface area contributed by atoms with E-state index in [4.69, 9.17) is 16.2 Å². The van der Waals surface area contributed by atoms with Gasteiger partial charge in [0.25, 0.3) is 5.91 Å². The highest BCUT2D eigenvalue weighted by Crippen LogP contribution is 2.34. The van der Waals surface area contributed by atoms with Crippen LogP contribution in [0.15, 0.2) is 30.3 Å². The van der Waals surface area contributed by atoms with Gasteiger partial charge in [-0.2, -0.15) is 0 Å². The van der Waals surface area contributed by atoms with Gasteiger partial charge in [0.15, 0.2) is 0 Å². The summed E-state index contributed by atoms with van der Waals surface area (Å²) >= 11 is 1.25. The molecule has 0 bridgehead atoms. The second kappa shape index (κ2) is 8.85. The third-order valence-electron chi connectivity index (χ3n) is 6.19. The third kappa shape index (κ3) is 4.86. The molecule has 1 fully saturated rings. The number of carbonyl (C=O) groups excluding carboxylic acids is 1. The average Bonchev–Trinajstić information content (AvgIpc) is 3.31. The van der Waals surface area contributed by atoms with Gasteiger partial charge in [-0.15, -0.1) is 24.5 Å². The second-order valence-electron chi connectivity index (χ2n) is 8.80. The van der Waals surface area contributed by atoms with Crippen LogP contribution in [0, 0.1) is 6.92 Å². The summed E-state index contributed by atoms with van der Waals surface area (Å²) in [5.41, 5.74) is 14.9. The van der Waals surface area contributed by atoms with Crippen molar-refractivity contribution in [3.63, 3.8) is 0 Å². The van der Waals surface area contributed by atoms with Gasteiger partial charge in [0.2, 0.25) is 0 Å². The van der Waals surface area contributed by atoms with Gasteiger partial charge in [-0.1, -0.05) is 6.07 Å². The Labute approximate surface area is 203 Å². The summed E-state index contributed by atoms with van der Waals surface area (Å²) < 4.78 is 47.9. The summed E-state index contributed by atoms with van der Waals surface area (Å²) in [6.07, 6.45) is -5.32. The Morgan fingerprint density at radius 1 is 1.29 bits per heavy atom. The molecule has 1 amide bonds. The summed E-state index contributed by atoms with van der Waals surface area (Å²) in [5.74, 6) is 0.349. The first-order valence-electron chi connectivity index (χ1n) is 11.0. The minimum absolute atomic E-state index is 0.0309. The molecule has 2 aliphatic rings. The van der Waals surface area contributed by atoms with E-state index in [9.17, 15) is 18.0 Å². The number of aryl methyl sites for hydroxylation is 1. The highest BCUT2D eigenvalue weighted by Gasteiger charge is 2.41. The molecular weight excluding hydrogens is 483 g/mol. The number of halogens is 3. The number of benzene rings is 1. The largest absolute Gasteiger partial charge is 0.522 e. The van der Waals surface area contributed by atoms with Crippen molar-refractivity contribution < 1.29 is 27.4 Å². The van der Waals surface area contributed by atoms with Crippen molar-refractivity contribution in [2.24, 2.45) is 5.73 Å². The van der Waals surface area contributed by atoms with Crippen LogP contribution in [-0.2, 0) is 11.2 Å². The maximum Gasteiger partial charge on any atom is 0.522 e. The lowest BCUT2D eigenvalue weighted by Gasteiger charge is -2.28. The molecule has 186 valence electrons. The van der Waals surface area contributed by atoms with Crippen molar-refractivity contribution in [1.29, 1.82) is 0 Å². The zero-order valence-corrected chi connectivity index (χ0v) is 19.6. The van der Waals surface area contributed by atoms with Crippen LogP contribution in [0.3, 0.4) is 0 Å². The first-order valence-corrected chi connectivity index (χ1v) is 11.9. The van der Waals surface area contributed by atoms with Gasteiger partial charge in [-0.05, 0) is 37.1 Å². The lowest BCUT2D eigenvalue weighted by Crippen LogP contribution is -2.42. The lowest BCUT2D eigenvalue weighted by molar-refractivity contribution is -0.341. The molecule has 8 nitrogen and oxygen atoms in total. The number of rotatable bonds is 4. The minimum atomic E-state index is -4.73. The van der Waals surface area contributed by atoms with Crippen molar-refractivity contribution >= 4 is 38.8 Å². The highest BCUT2D eigenvalue weighted by atomic mass is 32.1. The van der Waals surface area contributed by atoms with Crippen LogP contribution in [-0.4, -0.2) is 55.1 Å². The number of nitrogens with two attached hydrogens (primary N) is 2. The Hall–Kier alpha value is -3.09. The molecule has 0 aliphatic carbocycles. The number of hydrogen-bond donors (Lipinski definition) is 3. The van der Waals surface area contributed by atoms with E-state index in [0.29, 0.717) is 28.4 Å². The van der Waals surface area contributed by atoms with Crippen LogP contribution in [0.2, 0.25) is 0 Å². The fourth-order valence-electron chi connectivity index (χ4n) is 4.47. The molecule has 0 radical (unpaired) electrons. The van der Waals surface area contributed by atoms with Crippen LogP contribution < -0.4 is 26.4 Å². The van der Waals surface area contributed by atoms with Gasteiger partial charge < -0.3 is 26.4 Å². The Balaban J connectivity index is 1.25. The van der Waals surface area contributed by atoms with Gasteiger partial charge in [0, 0.05) is 35.9 Å². The van der Waals surface area contributed by atoms with Gasteiger partial charge >= 0.3 is 6.36 Å². The van der Waals surface area contributed by atoms with E-state index in [1.54, 1.807) is 11.0 Å². The normalized spacial score (nSPS) is 22.2. The highest BCUT2D eigenvalue weighted by molar-refractivity contribution is 7.21. The quantitative estimate of drug-likeness (QED) is 0.497. The van der Waals surface area contributed by atoms with E-state index in [2.05, 4.69) is 15.0 Å². The number of nitrogens with zero attached hydrogens (tertiary/aromatic N) is 2. The van der Waals surface area contributed by atoms with E-state index >= 15 is 0 Å². The molecule has 0 saturated carbocycles. The molecule has 1 saturated heterocycles. The van der Waals surface area contributed by atoms with Crippen molar-refractivity contribution in [2.45, 2.75) is 37.9 Å². The maximum atomic E-state index is 12.9. The summed E-state index contributed by atoms with van der Waals surface area (Å²) in [6, 6.07) is 8.15. The smallest absolute Gasteiger partial charge is 0.491 e. The number of hydrogen-bond acceptors (Lipinski definition) is 8. The zero-order chi connectivity index (χ0) is 24.9. The van der Waals surface area contributed by atoms with Crippen LogP contribution in [0.4, 0.5) is 24.5 Å². The number of amides is 1. The monoisotopic (exact) mass is 507 g/mol. The topological polar surface area (TPSA) is 116 Å².